The minimum atomic E-state index is 0.432. The average Bonchev–Trinajstić information content (AvgIpc) is 2.49. The molecule has 0 N–H and O–H groups in total. The zero-order valence-corrected chi connectivity index (χ0v) is 13.7. The van der Waals surface area contributed by atoms with Gasteiger partial charge in [0.05, 0.1) is 46.2 Å². The molecule has 5 heteroatoms. The SMILES string of the molecule is C=C(COCCOCCOCCOC)OCCCCCC. The van der Waals surface area contributed by atoms with E-state index in [2.05, 4.69) is 13.5 Å². The number of unbranched alkanes of at least 4 members (excludes halogenated alkanes) is 3. The molecule has 21 heavy (non-hydrogen) atoms. The molecule has 5 nitrogen and oxygen atoms in total. The van der Waals surface area contributed by atoms with Gasteiger partial charge in [0.25, 0.3) is 0 Å². The molecule has 0 aliphatic carbocycles. The van der Waals surface area contributed by atoms with Gasteiger partial charge in [-0.2, -0.15) is 0 Å². The van der Waals surface area contributed by atoms with E-state index in [0.717, 1.165) is 13.0 Å². The molecule has 126 valence electrons. The van der Waals surface area contributed by atoms with Gasteiger partial charge in [0.2, 0.25) is 0 Å². The highest BCUT2D eigenvalue weighted by Crippen LogP contribution is 2.02. The largest absolute Gasteiger partial charge is 0.496 e. The third-order valence-electron chi connectivity index (χ3n) is 2.74. The Labute approximate surface area is 129 Å². The normalized spacial score (nSPS) is 10.8. The summed E-state index contributed by atoms with van der Waals surface area (Å²) in [5.74, 6) is 0.689. The van der Waals surface area contributed by atoms with Gasteiger partial charge in [0.15, 0.2) is 0 Å². The van der Waals surface area contributed by atoms with Gasteiger partial charge < -0.3 is 23.7 Å². The van der Waals surface area contributed by atoms with E-state index in [9.17, 15) is 0 Å². The molecule has 0 aromatic rings. The minimum absolute atomic E-state index is 0.432. The monoisotopic (exact) mass is 304 g/mol. The lowest BCUT2D eigenvalue weighted by Gasteiger charge is -2.10. The topological polar surface area (TPSA) is 46.2 Å². The Kier molecular flexibility index (Phi) is 16.9. The van der Waals surface area contributed by atoms with Gasteiger partial charge >= 0.3 is 0 Å². The van der Waals surface area contributed by atoms with Gasteiger partial charge in [-0.15, -0.1) is 0 Å². The Bertz CT molecular complexity index is 221. The van der Waals surface area contributed by atoms with E-state index >= 15 is 0 Å². The molecule has 0 heterocycles. The van der Waals surface area contributed by atoms with Gasteiger partial charge in [-0.1, -0.05) is 32.8 Å². The molecule has 0 aromatic carbocycles. The predicted octanol–water partition coefficient (Wildman–Crippen LogP) is 2.79. The second-order valence-electron chi connectivity index (χ2n) is 4.72. The summed E-state index contributed by atoms with van der Waals surface area (Å²) < 4.78 is 26.4. The van der Waals surface area contributed by atoms with E-state index < -0.39 is 0 Å². The molecule has 0 aliphatic rings. The van der Waals surface area contributed by atoms with Crippen molar-refractivity contribution in [3.05, 3.63) is 12.3 Å². The highest BCUT2D eigenvalue weighted by molar-refractivity contribution is 4.81. The second kappa shape index (κ2) is 17.4. The molecule has 0 unspecified atom stereocenters. The molecule has 0 fully saturated rings. The van der Waals surface area contributed by atoms with Crippen molar-refractivity contribution >= 4 is 0 Å². The van der Waals surface area contributed by atoms with E-state index in [1.807, 2.05) is 0 Å². The zero-order chi connectivity index (χ0) is 15.6. The number of hydrogen-bond donors (Lipinski definition) is 0. The zero-order valence-electron chi connectivity index (χ0n) is 13.7. The van der Waals surface area contributed by atoms with E-state index in [4.69, 9.17) is 23.7 Å². The highest BCUT2D eigenvalue weighted by atomic mass is 16.6. The first-order valence-corrected chi connectivity index (χ1v) is 7.84. The summed E-state index contributed by atoms with van der Waals surface area (Å²) in [5, 5.41) is 0. The molecule has 0 rings (SSSR count). The van der Waals surface area contributed by atoms with Crippen molar-refractivity contribution in [1.82, 2.24) is 0 Å². The van der Waals surface area contributed by atoms with Crippen LogP contribution >= 0.6 is 0 Å². The summed E-state index contributed by atoms with van der Waals surface area (Å²) in [6.45, 7) is 10.7. The molecule has 0 atom stereocenters. The summed E-state index contributed by atoms with van der Waals surface area (Å²) in [4.78, 5) is 0. The van der Waals surface area contributed by atoms with E-state index in [0.29, 0.717) is 52.0 Å². The van der Waals surface area contributed by atoms with Crippen molar-refractivity contribution in [1.29, 1.82) is 0 Å². The van der Waals surface area contributed by atoms with E-state index in [1.54, 1.807) is 7.11 Å². The fraction of sp³-hybridized carbons (Fsp3) is 0.875. The molecule has 0 aliphatic heterocycles. The average molecular weight is 304 g/mol. The first kappa shape index (κ1) is 20.4. The van der Waals surface area contributed by atoms with Gasteiger partial charge in [0, 0.05) is 7.11 Å². The van der Waals surface area contributed by atoms with E-state index in [-0.39, 0.29) is 0 Å². The summed E-state index contributed by atoms with van der Waals surface area (Å²) in [7, 11) is 1.65. The molecule has 0 spiro atoms. The summed E-state index contributed by atoms with van der Waals surface area (Å²) in [5.41, 5.74) is 0. The lowest BCUT2D eigenvalue weighted by atomic mass is 10.2. The highest BCUT2D eigenvalue weighted by Gasteiger charge is 1.97. The van der Waals surface area contributed by atoms with Crippen molar-refractivity contribution < 1.29 is 23.7 Å². The van der Waals surface area contributed by atoms with Crippen molar-refractivity contribution in [3.63, 3.8) is 0 Å². The van der Waals surface area contributed by atoms with Crippen LogP contribution in [0.25, 0.3) is 0 Å². The van der Waals surface area contributed by atoms with Gasteiger partial charge in [-0.05, 0) is 6.42 Å². The summed E-state index contributed by atoms with van der Waals surface area (Å²) >= 11 is 0. The molecule has 0 amide bonds. The molecular formula is C16H32O5. The van der Waals surface area contributed by atoms with Crippen LogP contribution in [0.15, 0.2) is 12.3 Å². The molecule has 0 aromatic heterocycles. The van der Waals surface area contributed by atoms with Crippen molar-refractivity contribution in [3.8, 4) is 0 Å². The molecule has 0 saturated heterocycles. The Balaban J connectivity index is 3.11. The third kappa shape index (κ3) is 17.3. The standard InChI is InChI=1S/C16H32O5/c1-4-5-6-7-8-21-16(2)15-20-14-13-19-12-11-18-10-9-17-3/h2,4-15H2,1,3H3. The number of hydrogen-bond acceptors (Lipinski definition) is 5. The quantitative estimate of drug-likeness (QED) is 0.305. The minimum Gasteiger partial charge on any atom is -0.496 e. The lowest BCUT2D eigenvalue weighted by Crippen LogP contribution is -2.12. The third-order valence-corrected chi connectivity index (χ3v) is 2.74. The van der Waals surface area contributed by atoms with Crippen LogP contribution < -0.4 is 0 Å². The van der Waals surface area contributed by atoms with E-state index in [1.165, 1.54) is 19.3 Å². The van der Waals surface area contributed by atoms with Crippen LogP contribution in [0.5, 0.6) is 0 Å². The van der Waals surface area contributed by atoms with Crippen molar-refractivity contribution in [2.24, 2.45) is 0 Å². The first-order chi connectivity index (χ1) is 10.3. The molecule has 0 radical (unpaired) electrons. The Morgan fingerprint density at radius 1 is 0.762 bits per heavy atom. The van der Waals surface area contributed by atoms with Crippen molar-refractivity contribution in [2.45, 2.75) is 32.6 Å². The van der Waals surface area contributed by atoms with Crippen LogP contribution in [-0.2, 0) is 23.7 Å². The van der Waals surface area contributed by atoms with Gasteiger partial charge in [-0.3, -0.25) is 0 Å². The number of ether oxygens (including phenoxy) is 5. The number of rotatable bonds is 17. The Hall–Kier alpha value is -0.620. The van der Waals surface area contributed by atoms with Crippen molar-refractivity contribution in [2.75, 3.05) is 60.0 Å². The second-order valence-corrected chi connectivity index (χ2v) is 4.72. The Morgan fingerprint density at radius 3 is 2.00 bits per heavy atom. The molecule has 0 bridgehead atoms. The maximum atomic E-state index is 5.48. The summed E-state index contributed by atoms with van der Waals surface area (Å²) in [6, 6.07) is 0. The Morgan fingerprint density at radius 2 is 1.38 bits per heavy atom. The smallest absolute Gasteiger partial charge is 0.114 e. The van der Waals surface area contributed by atoms with Crippen LogP contribution in [-0.4, -0.2) is 60.0 Å². The van der Waals surface area contributed by atoms with Crippen LogP contribution in [0.1, 0.15) is 32.6 Å². The summed E-state index contributed by atoms with van der Waals surface area (Å²) in [6.07, 6.45) is 4.80. The maximum Gasteiger partial charge on any atom is 0.114 e. The maximum absolute atomic E-state index is 5.48. The molecule has 0 saturated carbocycles. The van der Waals surface area contributed by atoms with Crippen LogP contribution in [0.2, 0.25) is 0 Å². The van der Waals surface area contributed by atoms with Crippen LogP contribution in [0.3, 0.4) is 0 Å². The molecular weight excluding hydrogens is 272 g/mol. The van der Waals surface area contributed by atoms with Gasteiger partial charge in [0.1, 0.15) is 12.4 Å². The fourth-order valence-electron chi connectivity index (χ4n) is 1.56. The van der Waals surface area contributed by atoms with Crippen LogP contribution in [0, 0.1) is 0 Å². The first-order valence-electron chi connectivity index (χ1n) is 7.84. The van der Waals surface area contributed by atoms with Crippen LogP contribution in [0.4, 0.5) is 0 Å². The predicted molar refractivity (Wildman–Crippen MR) is 83.6 cm³/mol. The fourth-order valence-corrected chi connectivity index (χ4v) is 1.56. The number of methoxy groups -OCH3 is 1. The lowest BCUT2D eigenvalue weighted by molar-refractivity contribution is 0.00189. The van der Waals surface area contributed by atoms with Gasteiger partial charge in [-0.25, -0.2) is 0 Å².